The summed E-state index contributed by atoms with van der Waals surface area (Å²) in [6, 6.07) is 9.76. The maximum absolute atomic E-state index is 12.9. The minimum atomic E-state index is -0.482. The molecule has 1 saturated heterocycles. The van der Waals surface area contributed by atoms with Gasteiger partial charge in [-0.05, 0) is 82.2 Å². The zero-order valence-electron chi connectivity index (χ0n) is 16.5. The number of likely N-dealkylation sites (tertiary alicyclic amines) is 1. The van der Waals surface area contributed by atoms with Crippen LogP contribution in [0.3, 0.4) is 0 Å². The Labute approximate surface area is 169 Å². The van der Waals surface area contributed by atoms with Gasteiger partial charge in [0.1, 0.15) is 28.4 Å². The van der Waals surface area contributed by atoms with E-state index in [1.807, 2.05) is 0 Å². The Morgan fingerprint density at radius 2 is 1.90 bits per heavy atom. The van der Waals surface area contributed by atoms with E-state index < -0.39 is 5.97 Å². The zero-order chi connectivity index (χ0) is 20.4. The summed E-state index contributed by atoms with van der Waals surface area (Å²) in [5, 5.41) is 20.8. The number of nitrogens with zero attached hydrogens (tertiary/aromatic N) is 1. The Bertz CT molecular complexity index is 1020. The molecular weight excluding hydrogens is 370 g/mol. The predicted octanol–water partition coefficient (Wildman–Crippen LogP) is 4.33. The molecule has 6 nitrogen and oxygen atoms in total. The molecule has 1 fully saturated rings. The number of carbonyl (C=O) groups is 1. The summed E-state index contributed by atoms with van der Waals surface area (Å²) < 4.78 is 11.4. The highest BCUT2D eigenvalue weighted by atomic mass is 16.5. The highest BCUT2D eigenvalue weighted by molar-refractivity contribution is 6.10. The summed E-state index contributed by atoms with van der Waals surface area (Å²) >= 11 is 0. The van der Waals surface area contributed by atoms with Crippen molar-refractivity contribution >= 4 is 16.9 Å². The number of rotatable bonds is 7. The first-order chi connectivity index (χ1) is 14.1. The average molecular weight is 395 g/mol. The molecule has 0 amide bonds. The summed E-state index contributed by atoms with van der Waals surface area (Å²) in [6.45, 7) is 5.21. The van der Waals surface area contributed by atoms with Gasteiger partial charge in [0.25, 0.3) is 0 Å². The van der Waals surface area contributed by atoms with Crippen LogP contribution in [-0.4, -0.2) is 47.3 Å². The van der Waals surface area contributed by atoms with Gasteiger partial charge in [-0.1, -0.05) is 0 Å². The lowest BCUT2D eigenvalue weighted by Crippen LogP contribution is -2.37. The van der Waals surface area contributed by atoms with Crippen LogP contribution in [0.15, 0.2) is 40.8 Å². The van der Waals surface area contributed by atoms with E-state index in [2.05, 4.69) is 4.90 Å². The van der Waals surface area contributed by atoms with Gasteiger partial charge in [0.2, 0.25) is 0 Å². The molecule has 0 unspecified atom stereocenters. The minimum Gasteiger partial charge on any atom is -0.508 e. The molecule has 0 saturated carbocycles. The SMILES string of the molecule is CCOC(=O)c1c(-c2ccc(O)cc2)oc2ccc(O)c(CCCN3CCC3)c12. The van der Waals surface area contributed by atoms with Crippen molar-refractivity contribution in [1.82, 2.24) is 4.90 Å². The molecule has 1 aliphatic heterocycles. The molecule has 0 bridgehead atoms. The third kappa shape index (κ3) is 3.80. The topological polar surface area (TPSA) is 83.1 Å². The Kier molecular flexibility index (Phi) is 5.45. The van der Waals surface area contributed by atoms with E-state index >= 15 is 0 Å². The standard InChI is InChI=1S/C23H25NO5/c1-2-28-23(27)21-20-17(5-3-12-24-13-4-14-24)18(26)10-11-19(20)29-22(21)15-6-8-16(25)9-7-15/h6-11,25-26H,2-5,12-14H2,1H3. The van der Waals surface area contributed by atoms with Gasteiger partial charge in [0.15, 0.2) is 0 Å². The first-order valence-corrected chi connectivity index (χ1v) is 10.0. The molecule has 1 aromatic heterocycles. The van der Waals surface area contributed by atoms with Gasteiger partial charge in [0, 0.05) is 16.5 Å². The van der Waals surface area contributed by atoms with Crippen LogP contribution in [0, 0.1) is 0 Å². The fourth-order valence-electron chi connectivity index (χ4n) is 3.80. The average Bonchev–Trinajstić information content (AvgIpc) is 3.05. The first kappa shape index (κ1) is 19.3. The van der Waals surface area contributed by atoms with Gasteiger partial charge in [-0.25, -0.2) is 4.79 Å². The van der Waals surface area contributed by atoms with E-state index in [1.54, 1.807) is 43.3 Å². The second kappa shape index (κ2) is 8.17. The number of fused-ring (bicyclic) bond motifs is 1. The molecular formula is C23H25NO5. The van der Waals surface area contributed by atoms with Crippen LogP contribution >= 0.6 is 0 Å². The molecule has 152 valence electrons. The molecule has 29 heavy (non-hydrogen) atoms. The van der Waals surface area contributed by atoms with Crippen molar-refractivity contribution in [1.29, 1.82) is 0 Å². The maximum Gasteiger partial charge on any atom is 0.342 e. The highest BCUT2D eigenvalue weighted by Gasteiger charge is 2.27. The monoisotopic (exact) mass is 395 g/mol. The van der Waals surface area contributed by atoms with E-state index in [-0.39, 0.29) is 18.1 Å². The summed E-state index contributed by atoms with van der Waals surface area (Å²) in [6.07, 6.45) is 2.76. The summed E-state index contributed by atoms with van der Waals surface area (Å²) in [4.78, 5) is 15.2. The van der Waals surface area contributed by atoms with E-state index in [4.69, 9.17) is 9.15 Å². The Morgan fingerprint density at radius 1 is 1.14 bits per heavy atom. The largest absolute Gasteiger partial charge is 0.508 e. The third-order valence-electron chi connectivity index (χ3n) is 5.40. The van der Waals surface area contributed by atoms with Crippen molar-refractivity contribution in [3.05, 3.63) is 47.5 Å². The number of esters is 1. The van der Waals surface area contributed by atoms with Crippen LogP contribution in [0.25, 0.3) is 22.3 Å². The molecule has 3 aromatic rings. The number of aryl methyl sites for hydroxylation is 1. The number of hydrogen-bond donors (Lipinski definition) is 2. The molecule has 6 heteroatoms. The van der Waals surface area contributed by atoms with Crippen molar-refractivity contribution in [2.45, 2.75) is 26.2 Å². The van der Waals surface area contributed by atoms with Crippen LogP contribution in [0.2, 0.25) is 0 Å². The Hall–Kier alpha value is -2.99. The van der Waals surface area contributed by atoms with Crippen LogP contribution in [0.5, 0.6) is 11.5 Å². The Morgan fingerprint density at radius 3 is 2.55 bits per heavy atom. The zero-order valence-corrected chi connectivity index (χ0v) is 16.5. The second-order valence-corrected chi connectivity index (χ2v) is 7.31. The quantitative estimate of drug-likeness (QED) is 0.580. The van der Waals surface area contributed by atoms with Gasteiger partial charge in [-0.2, -0.15) is 0 Å². The number of aromatic hydroxyl groups is 2. The smallest absolute Gasteiger partial charge is 0.342 e. The third-order valence-corrected chi connectivity index (χ3v) is 5.40. The van der Waals surface area contributed by atoms with Gasteiger partial charge < -0.3 is 24.3 Å². The molecule has 2 heterocycles. The molecule has 4 rings (SSSR count). The molecule has 0 spiro atoms. The van der Waals surface area contributed by atoms with E-state index in [0.29, 0.717) is 39.8 Å². The normalized spacial score (nSPS) is 14.1. The molecule has 2 N–H and O–H groups in total. The number of phenols is 2. The molecule has 0 atom stereocenters. The van der Waals surface area contributed by atoms with Crippen LogP contribution in [-0.2, 0) is 11.2 Å². The van der Waals surface area contributed by atoms with E-state index in [9.17, 15) is 15.0 Å². The summed E-state index contributed by atoms with van der Waals surface area (Å²) in [5.41, 5.74) is 2.23. The maximum atomic E-state index is 12.9. The summed E-state index contributed by atoms with van der Waals surface area (Å²) in [7, 11) is 0. The van der Waals surface area contributed by atoms with Crippen molar-refractivity contribution in [2.24, 2.45) is 0 Å². The summed E-state index contributed by atoms with van der Waals surface area (Å²) in [5.74, 6) is 0.188. The number of benzene rings is 2. The van der Waals surface area contributed by atoms with Gasteiger partial charge in [-0.3, -0.25) is 0 Å². The highest BCUT2D eigenvalue weighted by Crippen LogP contribution is 2.39. The number of carbonyl (C=O) groups excluding carboxylic acids is 1. The van der Waals surface area contributed by atoms with Crippen molar-refractivity contribution in [3.63, 3.8) is 0 Å². The number of ether oxygens (including phenoxy) is 1. The predicted molar refractivity (Wildman–Crippen MR) is 110 cm³/mol. The molecule has 0 radical (unpaired) electrons. The second-order valence-electron chi connectivity index (χ2n) is 7.31. The number of furan rings is 1. The lowest BCUT2D eigenvalue weighted by Gasteiger charge is -2.30. The molecule has 0 aliphatic carbocycles. The molecule has 1 aliphatic rings. The van der Waals surface area contributed by atoms with Crippen LogP contribution in [0.4, 0.5) is 0 Å². The minimum absolute atomic E-state index is 0.131. The van der Waals surface area contributed by atoms with Crippen molar-refractivity contribution in [3.8, 4) is 22.8 Å². The van der Waals surface area contributed by atoms with Crippen molar-refractivity contribution < 1.29 is 24.2 Å². The fraction of sp³-hybridized carbons (Fsp3) is 0.348. The first-order valence-electron chi connectivity index (χ1n) is 10.0. The lowest BCUT2D eigenvalue weighted by atomic mass is 9.98. The van der Waals surface area contributed by atoms with Crippen molar-refractivity contribution in [2.75, 3.05) is 26.2 Å². The van der Waals surface area contributed by atoms with Gasteiger partial charge in [0.05, 0.1) is 6.61 Å². The van der Waals surface area contributed by atoms with E-state index in [1.165, 1.54) is 6.42 Å². The van der Waals surface area contributed by atoms with Crippen LogP contribution in [0.1, 0.15) is 35.7 Å². The van der Waals surface area contributed by atoms with Gasteiger partial charge in [-0.15, -0.1) is 0 Å². The Balaban J connectivity index is 1.80. The number of phenolic OH excluding ortho intramolecular Hbond substituents is 2. The van der Waals surface area contributed by atoms with Gasteiger partial charge >= 0.3 is 5.97 Å². The van der Waals surface area contributed by atoms with E-state index in [0.717, 1.165) is 26.1 Å². The van der Waals surface area contributed by atoms with Crippen LogP contribution < -0.4 is 0 Å². The number of hydrogen-bond acceptors (Lipinski definition) is 6. The fourth-order valence-corrected chi connectivity index (χ4v) is 3.80. The molecule has 2 aromatic carbocycles. The lowest BCUT2D eigenvalue weighted by molar-refractivity contribution is 0.0528.